The highest BCUT2D eigenvalue weighted by atomic mass is 16.6. The number of carbonyl (C=O) groups is 2. The van der Waals surface area contributed by atoms with Crippen LogP contribution in [0.25, 0.3) is 0 Å². The summed E-state index contributed by atoms with van der Waals surface area (Å²) < 4.78 is 18.9. The first-order valence-electron chi connectivity index (χ1n) is 14.6. The molecule has 1 saturated carbocycles. The number of esters is 2. The molecule has 0 spiro atoms. The highest BCUT2D eigenvalue weighted by molar-refractivity contribution is 5.72. The third-order valence-electron chi connectivity index (χ3n) is 9.27. The number of ether oxygens (including phenoxy) is 3. The van der Waals surface area contributed by atoms with Gasteiger partial charge in [0, 0.05) is 24.7 Å². The summed E-state index contributed by atoms with van der Waals surface area (Å²) in [4.78, 5) is 25.9. The number of aliphatic hydroxyl groups excluding tert-OH is 1. The number of aliphatic hydroxyl groups is 2. The Balaban J connectivity index is 1.69. The minimum absolute atomic E-state index is 0.0155. The largest absolute Gasteiger partial charge is 0.459 e. The van der Waals surface area contributed by atoms with Gasteiger partial charge in [0.2, 0.25) is 0 Å². The van der Waals surface area contributed by atoms with Gasteiger partial charge < -0.3 is 24.4 Å². The van der Waals surface area contributed by atoms with E-state index in [9.17, 15) is 19.8 Å². The van der Waals surface area contributed by atoms with Crippen molar-refractivity contribution in [1.29, 1.82) is 0 Å². The molecule has 0 aromatic heterocycles. The molecule has 0 radical (unpaired) electrons. The number of benzene rings is 1. The normalized spacial score (nSPS) is 38.4. The average Bonchev–Trinajstić information content (AvgIpc) is 3.24. The Kier molecular flexibility index (Phi) is 8.94. The molecule has 1 aromatic carbocycles. The minimum atomic E-state index is -1.40. The maximum absolute atomic E-state index is 13.0. The van der Waals surface area contributed by atoms with Gasteiger partial charge in [0.1, 0.15) is 23.4 Å². The second kappa shape index (κ2) is 11.7. The molecule has 9 atom stereocenters. The van der Waals surface area contributed by atoms with Gasteiger partial charge in [0.15, 0.2) is 0 Å². The smallest absolute Gasteiger partial charge is 0.310 e. The summed E-state index contributed by atoms with van der Waals surface area (Å²) in [6.07, 6.45) is 0.173. The first kappa shape index (κ1) is 29.8. The lowest BCUT2D eigenvalue weighted by molar-refractivity contribution is -0.182. The maximum Gasteiger partial charge on any atom is 0.310 e. The predicted molar refractivity (Wildman–Crippen MR) is 148 cm³/mol. The zero-order chi connectivity index (χ0) is 28.5. The summed E-state index contributed by atoms with van der Waals surface area (Å²) in [7, 11) is 0. The molecule has 0 unspecified atom stereocenters. The van der Waals surface area contributed by atoms with E-state index in [0.717, 1.165) is 5.56 Å². The van der Waals surface area contributed by atoms with Crippen LogP contribution < -0.4 is 0 Å². The van der Waals surface area contributed by atoms with Crippen molar-refractivity contribution in [2.24, 2.45) is 23.7 Å². The van der Waals surface area contributed by atoms with Gasteiger partial charge in [0.05, 0.1) is 18.6 Å². The van der Waals surface area contributed by atoms with Crippen molar-refractivity contribution in [1.82, 2.24) is 0 Å². The number of fused-ring (bicyclic) bond motifs is 5. The van der Waals surface area contributed by atoms with Crippen molar-refractivity contribution in [2.75, 3.05) is 0 Å². The van der Waals surface area contributed by atoms with Gasteiger partial charge in [-0.2, -0.15) is 0 Å². The van der Waals surface area contributed by atoms with Gasteiger partial charge in [-0.05, 0) is 62.5 Å². The fourth-order valence-corrected chi connectivity index (χ4v) is 7.19. The maximum atomic E-state index is 13.0. The Morgan fingerprint density at radius 2 is 1.87 bits per heavy atom. The molecule has 2 bridgehead atoms. The van der Waals surface area contributed by atoms with Crippen LogP contribution in [0.3, 0.4) is 0 Å². The molecule has 3 aliphatic rings. The van der Waals surface area contributed by atoms with Crippen LogP contribution >= 0.6 is 0 Å². The molecular formula is C32H46O7. The van der Waals surface area contributed by atoms with Crippen molar-refractivity contribution in [3.8, 4) is 0 Å². The summed E-state index contributed by atoms with van der Waals surface area (Å²) in [6, 6.07) is 9.36. The van der Waals surface area contributed by atoms with Gasteiger partial charge in [0.25, 0.3) is 0 Å². The monoisotopic (exact) mass is 542 g/mol. The molecule has 4 rings (SSSR count). The number of rotatable bonds is 7. The predicted octanol–water partition coefficient (Wildman–Crippen LogP) is 4.77. The Hall–Kier alpha value is -2.22. The minimum Gasteiger partial charge on any atom is -0.459 e. The highest BCUT2D eigenvalue weighted by Gasteiger charge is 2.61. The Bertz CT molecular complexity index is 1030. The average molecular weight is 543 g/mol. The zero-order valence-corrected chi connectivity index (χ0v) is 24.1. The second-order valence-corrected chi connectivity index (χ2v) is 12.7. The van der Waals surface area contributed by atoms with Gasteiger partial charge in [-0.25, -0.2) is 0 Å². The lowest BCUT2D eigenvalue weighted by Gasteiger charge is -2.47. The van der Waals surface area contributed by atoms with E-state index in [2.05, 4.69) is 20.4 Å². The van der Waals surface area contributed by atoms with E-state index in [4.69, 9.17) is 14.2 Å². The van der Waals surface area contributed by atoms with Crippen LogP contribution in [0, 0.1) is 23.7 Å². The molecule has 2 saturated heterocycles. The number of hydrogen-bond acceptors (Lipinski definition) is 7. The lowest BCUT2D eigenvalue weighted by Crippen LogP contribution is -2.53. The van der Waals surface area contributed by atoms with Crippen molar-refractivity contribution in [2.45, 2.75) is 115 Å². The van der Waals surface area contributed by atoms with Crippen molar-refractivity contribution in [3.63, 3.8) is 0 Å². The highest BCUT2D eigenvalue weighted by Crippen LogP contribution is 2.56. The van der Waals surface area contributed by atoms with E-state index < -0.39 is 41.6 Å². The fourth-order valence-electron chi connectivity index (χ4n) is 7.19. The second-order valence-electron chi connectivity index (χ2n) is 12.7. The van der Waals surface area contributed by atoms with E-state index >= 15 is 0 Å². The Morgan fingerprint density at radius 1 is 1.18 bits per heavy atom. The first-order valence-corrected chi connectivity index (χ1v) is 14.6. The SMILES string of the molecule is C=C1[C@H]2[C@@H]([C@@H](C(C)C)C[C@@H]1O)[C@H]1O[C@@H]2C[C@](C)(O)[C@@H](OC(=O)Cc2ccccc2)CC[C@@]1(C)OC(=O)CCC. The van der Waals surface area contributed by atoms with Crippen molar-refractivity contribution in [3.05, 3.63) is 48.0 Å². The van der Waals surface area contributed by atoms with Crippen LogP contribution in [0.1, 0.15) is 78.7 Å². The van der Waals surface area contributed by atoms with Gasteiger partial charge in [-0.3, -0.25) is 9.59 Å². The molecule has 2 N–H and O–H groups in total. The molecule has 1 aliphatic carbocycles. The molecule has 7 heteroatoms. The third kappa shape index (κ3) is 6.26. The van der Waals surface area contributed by atoms with Crippen molar-refractivity contribution < 1.29 is 34.0 Å². The zero-order valence-electron chi connectivity index (χ0n) is 24.1. The molecule has 7 nitrogen and oxygen atoms in total. The summed E-state index contributed by atoms with van der Waals surface area (Å²) in [5.41, 5.74) is -0.850. The van der Waals surface area contributed by atoms with Crippen LogP contribution in [0.2, 0.25) is 0 Å². The topological polar surface area (TPSA) is 102 Å². The molecule has 1 aromatic rings. The molecule has 39 heavy (non-hydrogen) atoms. The fraction of sp³-hybridized carbons (Fsp3) is 0.688. The van der Waals surface area contributed by atoms with Crippen LogP contribution in [-0.4, -0.2) is 57.8 Å². The van der Waals surface area contributed by atoms with Crippen LogP contribution in [-0.2, 0) is 30.2 Å². The lowest BCUT2D eigenvalue weighted by atomic mass is 9.60. The summed E-state index contributed by atoms with van der Waals surface area (Å²) in [6.45, 7) is 14.1. The molecule has 216 valence electrons. The summed E-state index contributed by atoms with van der Waals surface area (Å²) in [5.74, 6) is -0.520. The summed E-state index contributed by atoms with van der Waals surface area (Å²) >= 11 is 0. The van der Waals surface area contributed by atoms with Crippen LogP contribution in [0.15, 0.2) is 42.5 Å². The molecule has 0 amide bonds. The first-order chi connectivity index (χ1) is 18.4. The standard InChI is InChI=1S/C32H46O7/c1-7-11-26(34)39-32(6)15-14-25(38-27(35)16-21-12-9-8-10-13-21)31(5,36)18-24-28-20(4)23(33)17-22(19(2)3)29(28)30(32)37-24/h8-10,12-13,19,22-25,28-30,33,36H,4,7,11,14-18H2,1-3,5-6H3/t22-,23+,24-,25+,28-,29-,30-,31+,32-/m1/s1. The quantitative estimate of drug-likeness (QED) is 0.378. The van der Waals surface area contributed by atoms with E-state index in [0.29, 0.717) is 37.7 Å². The van der Waals surface area contributed by atoms with E-state index in [1.165, 1.54) is 0 Å². The Labute approximate surface area is 232 Å². The molecule has 2 aliphatic heterocycles. The molecule has 2 heterocycles. The third-order valence-corrected chi connectivity index (χ3v) is 9.27. The summed E-state index contributed by atoms with van der Waals surface area (Å²) in [5, 5.41) is 22.8. The number of carbonyl (C=O) groups excluding carboxylic acids is 2. The molecule has 3 fully saturated rings. The van der Waals surface area contributed by atoms with E-state index in [1.807, 2.05) is 44.2 Å². The van der Waals surface area contributed by atoms with Gasteiger partial charge in [-0.15, -0.1) is 0 Å². The van der Waals surface area contributed by atoms with Crippen LogP contribution in [0.4, 0.5) is 0 Å². The van der Waals surface area contributed by atoms with Gasteiger partial charge in [-0.1, -0.05) is 57.7 Å². The van der Waals surface area contributed by atoms with E-state index in [1.54, 1.807) is 6.92 Å². The van der Waals surface area contributed by atoms with Gasteiger partial charge >= 0.3 is 11.9 Å². The van der Waals surface area contributed by atoms with Crippen molar-refractivity contribution >= 4 is 11.9 Å². The van der Waals surface area contributed by atoms with Crippen LogP contribution in [0.5, 0.6) is 0 Å². The molecular weight excluding hydrogens is 496 g/mol. The van der Waals surface area contributed by atoms with E-state index in [-0.39, 0.29) is 42.5 Å². The number of hydrogen-bond donors (Lipinski definition) is 2. The Morgan fingerprint density at radius 3 is 2.51 bits per heavy atom.